The number of allylic oxidation sites excluding steroid dienone is 1. The molecule has 5 heteroatoms. The Bertz CT molecular complexity index is 1060. The maximum absolute atomic E-state index is 12.4. The number of nitrogens with one attached hydrogen (secondary N) is 1. The molecule has 0 unspecified atom stereocenters. The lowest BCUT2D eigenvalue weighted by molar-refractivity contribution is -0.130. The zero-order valence-corrected chi connectivity index (χ0v) is 15.5. The first-order chi connectivity index (χ1) is 13.7. The minimum atomic E-state index is -0.747. The van der Waals surface area contributed by atoms with Crippen molar-refractivity contribution in [1.29, 1.82) is 0 Å². The lowest BCUT2D eigenvalue weighted by Crippen LogP contribution is -2.42. The molecule has 0 saturated heterocycles. The normalized spacial score (nSPS) is 16.3. The Hall–Kier alpha value is -3.60. The second kappa shape index (κ2) is 7.96. The van der Waals surface area contributed by atoms with Gasteiger partial charge in [-0.1, -0.05) is 60.7 Å². The minimum Gasteiger partial charge on any atom is -0.485 e. The standard InChI is InChI=1S/C23H20N2O3/c1-16(11-12-17-7-3-2-4-8-17)24-25-23(26)22-15-27-20-13-18-9-5-6-10-19(18)14-21(20)28-22/h2-14,22H,15H2,1H3,(H,25,26)/b12-11+,24-16?/t22-/m0/s1. The minimum absolute atomic E-state index is 0.144. The summed E-state index contributed by atoms with van der Waals surface area (Å²) in [7, 11) is 0. The molecule has 5 nitrogen and oxygen atoms in total. The third kappa shape index (κ3) is 4.04. The first kappa shape index (κ1) is 17.8. The SMILES string of the molecule is CC(/C=C/c1ccccc1)=NNC(=O)[C@@H]1COc2cc3ccccc3cc2O1. The van der Waals surface area contributed by atoms with Gasteiger partial charge in [0, 0.05) is 0 Å². The summed E-state index contributed by atoms with van der Waals surface area (Å²) in [5.74, 6) is 0.870. The van der Waals surface area contributed by atoms with Crippen LogP contribution in [0.5, 0.6) is 11.5 Å². The summed E-state index contributed by atoms with van der Waals surface area (Å²) in [4.78, 5) is 12.4. The molecule has 0 spiro atoms. The highest BCUT2D eigenvalue weighted by Crippen LogP contribution is 2.35. The molecule has 0 bridgehead atoms. The Morgan fingerprint density at radius 1 is 1.04 bits per heavy atom. The van der Waals surface area contributed by atoms with E-state index in [0.29, 0.717) is 17.2 Å². The van der Waals surface area contributed by atoms with E-state index in [1.165, 1.54) is 0 Å². The predicted molar refractivity (Wildman–Crippen MR) is 111 cm³/mol. The summed E-state index contributed by atoms with van der Waals surface area (Å²) in [6, 6.07) is 21.7. The van der Waals surface area contributed by atoms with Crippen LogP contribution in [0.3, 0.4) is 0 Å². The molecular weight excluding hydrogens is 352 g/mol. The van der Waals surface area contributed by atoms with Crippen molar-refractivity contribution in [3.63, 3.8) is 0 Å². The quantitative estimate of drug-likeness (QED) is 0.552. The molecule has 3 aromatic rings. The van der Waals surface area contributed by atoms with Crippen LogP contribution in [-0.2, 0) is 4.79 Å². The van der Waals surface area contributed by atoms with Crippen LogP contribution in [0, 0.1) is 0 Å². The van der Waals surface area contributed by atoms with Crippen molar-refractivity contribution < 1.29 is 14.3 Å². The van der Waals surface area contributed by atoms with Crippen molar-refractivity contribution in [1.82, 2.24) is 5.43 Å². The summed E-state index contributed by atoms with van der Waals surface area (Å²) in [6.07, 6.45) is 3.03. The summed E-state index contributed by atoms with van der Waals surface area (Å²) in [5.41, 5.74) is 4.30. The van der Waals surface area contributed by atoms with Gasteiger partial charge in [0.2, 0.25) is 6.10 Å². The second-order valence-corrected chi connectivity index (χ2v) is 6.54. The number of hydrogen-bond donors (Lipinski definition) is 1. The van der Waals surface area contributed by atoms with Gasteiger partial charge in [-0.2, -0.15) is 5.10 Å². The Labute approximate surface area is 163 Å². The van der Waals surface area contributed by atoms with E-state index in [2.05, 4.69) is 10.5 Å². The Kier molecular flexibility index (Phi) is 5.06. The number of amides is 1. The smallest absolute Gasteiger partial charge is 0.284 e. The Balaban J connectivity index is 1.40. The van der Waals surface area contributed by atoms with Crippen LogP contribution >= 0.6 is 0 Å². The lowest BCUT2D eigenvalue weighted by Gasteiger charge is -2.25. The maximum atomic E-state index is 12.4. The van der Waals surface area contributed by atoms with Gasteiger partial charge in [-0.15, -0.1) is 0 Å². The zero-order valence-electron chi connectivity index (χ0n) is 15.5. The number of hydrazone groups is 1. The topological polar surface area (TPSA) is 59.9 Å². The number of rotatable bonds is 4. The summed E-state index contributed by atoms with van der Waals surface area (Å²) in [6.45, 7) is 1.96. The van der Waals surface area contributed by atoms with Crippen molar-refractivity contribution in [2.45, 2.75) is 13.0 Å². The van der Waals surface area contributed by atoms with E-state index < -0.39 is 6.10 Å². The van der Waals surface area contributed by atoms with Crippen molar-refractivity contribution >= 4 is 28.5 Å². The van der Waals surface area contributed by atoms with Crippen LogP contribution in [0.2, 0.25) is 0 Å². The van der Waals surface area contributed by atoms with E-state index in [4.69, 9.17) is 9.47 Å². The zero-order chi connectivity index (χ0) is 19.3. The fraction of sp³-hybridized carbons (Fsp3) is 0.130. The number of benzene rings is 3. The Morgan fingerprint density at radius 2 is 1.71 bits per heavy atom. The number of hydrogen-bond acceptors (Lipinski definition) is 4. The van der Waals surface area contributed by atoms with Gasteiger partial charge in [-0.25, -0.2) is 5.43 Å². The van der Waals surface area contributed by atoms with E-state index in [0.717, 1.165) is 16.3 Å². The van der Waals surface area contributed by atoms with Gasteiger partial charge in [0.1, 0.15) is 6.61 Å². The highest BCUT2D eigenvalue weighted by molar-refractivity contribution is 5.97. The third-order valence-corrected chi connectivity index (χ3v) is 4.42. The molecule has 140 valence electrons. The van der Waals surface area contributed by atoms with Crippen LogP contribution < -0.4 is 14.9 Å². The summed E-state index contributed by atoms with van der Waals surface area (Å²) in [5, 5.41) is 6.22. The van der Waals surface area contributed by atoms with Gasteiger partial charge in [0.05, 0.1) is 5.71 Å². The molecule has 0 aliphatic carbocycles. The molecule has 1 aliphatic rings. The molecule has 0 aromatic heterocycles. The predicted octanol–water partition coefficient (Wildman–Crippen LogP) is 4.19. The van der Waals surface area contributed by atoms with E-state index >= 15 is 0 Å². The number of fused-ring (bicyclic) bond motifs is 2. The molecular formula is C23H20N2O3. The highest BCUT2D eigenvalue weighted by Gasteiger charge is 2.27. The van der Waals surface area contributed by atoms with Crippen molar-refractivity contribution in [3.8, 4) is 11.5 Å². The van der Waals surface area contributed by atoms with Crippen LogP contribution in [0.4, 0.5) is 0 Å². The van der Waals surface area contributed by atoms with Gasteiger partial charge in [0.15, 0.2) is 11.5 Å². The molecule has 0 fully saturated rings. The maximum Gasteiger partial charge on any atom is 0.284 e. The van der Waals surface area contributed by atoms with E-state index in [-0.39, 0.29) is 12.5 Å². The van der Waals surface area contributed by atoms with Crippen molar-refractivity contribution in [2.24, 2.45) is 5.10 Å². The first-order valence-corrected chi connectivity index (χ1v) is 9.08. The Morgan fingerprint density at radius 3 is 2.46 bits per heavy atom. The fourth-order valence-electron chi connectivity index (χ4n) is 2.92. The second-order valence-electron chi connectivity index (χ2n) is 6.54. The van der Waals surface area contributed by atoms with Gasteiger partial charge in [-0.3, -0.25) is 4.79 Å². The molecule has 0 saturated carbocycles. The largest absolute Gasteiger partial charge is 0.485 e. The van der Waals surface area contributed by atoms with E-state index in [1.54, 1.807) is 0 Å². The van der Waals surface area contributed by atoms with Gasteiger partial charge >= 0.3 is 0 Å². The molecule has 28 heavy (non-hydrogen) atoms. The van der Waals surface area contributed by atoms with Crippen LogP contribution in [-0.4, -0.2) is 24.3 Å². The molecule has 0 radical (unpaired) electrons. The summed E-state index contributed by atoms with van der Waals surface area (Å²) < 4.78 is 11.6. The number of carbonyl (C=O) groups is 1. The molecule has 1 atom stereocenters. The van der Waals surface area contributed by atoms with Crippen molar-refractivity contribution in [3.05, 3.63) is 78.4 Å². The van der Waals surface area contributed by atoms with E-state index in [9.17, 15) is 4.79 Å². The number of ether oxygens (including phenoxy) is 2. The molecule has 1 amide bonds. The molecule has 4 rings (SSSR count). The lowest BCUT2D eigenvalue weighted by atomic mass is 10.1. The monoisotopic (exact) mass is 372 g/mol. The van der Waals surface area contributed by atoms with Gasteiger partial charge in [-0.05, 0) is 41.5 Å². The fourth-order valence-corrected chi connectivity index (χ4v) is 2.92. The average molecular weight is 372 g/mol. The van der Waals surface area contributed by atoms with Gasteiger partial charge < -0.3 is 9.47 Å². The van der Waals surface area contributed by atoms with Crippen LogP contribution in [0.1, 0.15) is 12.5 Å². The average Bonchev–Trinajstić information content (AvgIpc) is 2.74. The summed E-state index contributed by atoms with van der Waals surface area (Å²) >= 11 is 0. The third-order valence-electron chi connectivity index (χ3n) is 4.42. The number of carbonyl (C=O) groups excluding carboxylic acids is 1. The van der Waals surface area contributed by atoms with Gasteiger partial charge in [0.25, 0.3) is 5.91 Å². The molecule has 1 N–H and O–H groups in total. The first-order valence-electron chi connectivity index (χ1n) is 9.08. The molecule has 3 aromatic carbocycles. The molecule has 1 heterocycles. The van der Waals surface area contributed by atoms with Crippen LogP contribution in [0.25, 0.3) is 16.8 Å². The number of nitrogens with zero attached hydrogens (tertiary/aromatic N) is 1. The molecule has 1 aliphatic heterocycles. The highest BCUT2D eigenvalue weighted by atomic mass is 16.6. The van der Waals surface area contributed by atoms with Crippen LogP contribution in [0.15, 0.2) is 77.9 Å². The van der Waals surface area contributed by atoms with E-state index in [1.807, 2.05) is 85.8 Å². The van der Waals surface area contributed by atoms with Crippen molar-refractivity contribution in [2.75, 3.05) is 6.61 Å².